The van der Waals surface area contributed by atoms with Crippen molar-refractivity contribution in [3.63, 3.8) is 0 Å². The topological polar surface area (TPSA) is 120 Å². The molecule has 3 aromatic heterocycles. The van der Waals surface area contributed by atoms with Crippen LogP contribution in [0.25, 0.3) is 22.3 Å². The molecule has 6 heterocycles. The van der Waals surface area contributed by atoms with Crippen LogP contribution >= 0.6 is 0 Å². The molecule has 15 heteroatoms. The molecule has 3 fully saturated rings. The van der Waals surface area contributed by atoms with Crippen molar-refractivity contribution in [2.75, 3.05) is 57.6 Å². The van der Waals surface area contributed by atoms with Crippen LogP contribution in [0.3, 0.4) is 0 Å². The average molecular weight is 634 g/mol. The summed E-state index contributed by atoms with van der Waals surface area (Å²) in [6, 6.07) is 0.894. The summed E-state index contributed by atoms with van der Waals surface area (Å²) in [6.07, 6.45) is 2.23. The summed E-state index contributed by atoms with van der Waals surface area (Å²) >= 11 is 0. The van der Waals surface area contributed by atoms with Gasteiger partial charge < -0.3 is 20.3 Å². The smallest absolute Gasteiger partial charge is 0.418 e. The number of nitrogen functional groups attached to an aromatic ring is 1. The molecule has 3 aromatic rings. The second kappa shape index (κ2) is 12.4. The maximum absolute atomic E-state index is 16.4. The molecule has 242 valence electrons. The van der Waals surface area contributed by atoms with Crippen LogP contribution < -0.4 is 15.4 Å². The molecular formula is C30H36F5N9O. The molecule has 6 rings (SSSR count). The highest BCUT2D eigenvalue weighted by atomic mass is 19.4. The Labute approximate surface area is 258 Å². The third-order valence-electron chi connectivity index (χ3n) is 9.05. The summed E-state index contributed by atoms with van der Waals surface area (Å²) in [6.45, 7) is 6.72. The highest BCUT2D eigenvalue weighted by Crippen LogP contribution is 2.43. The van der Waals surface area contributed by atoms with Crippen molar-refractivity contribution in [3.8, 4) is 23.6 Å². The summed E-state index contributed by atoms with van der Waals surface area (Å²) < 4.78 is 74.4. The average Bonchev–Trinajstić information content (AvgIpc) is 3.70. The number of nitrogens with two attached hydrogens (primary N) is 1. The van der Waals surface area contributed by atoms with Crippen LogP contribution in [0, 0.1) is 30.1 Å². The number of likely N-dealkylation sites (tertiary alicyclic amines) is 1. The molecular weight excluding hydrogens is 597 g/mol. The van der Waals surface area contributed by atoms with Gasteiger partial charge in [-0.25, -0.2) is 9.37 Å². The number of hydrogen-bond acceptors (Lipinski definition) is 10. The second-order valence-electron chi connectivity index (χ2n) is 12.1. The van der Waals surface area contributed by atoms with Gasteiger partial charge in [0, 0.05) is 32.9 Å². The number of pyridine rings is 2. The van der Waals surface area contributed by atoms with Crippen LogP contribution in [0.15, 0.2) is 12.3 Å². The SMILES string of the molecule is CF.Cc1cc(N)nc(-c2ncc3c(N(C)C4CCN(C#N)C4)nc(OCC45CCCN4CC(C)C5)nc3c2F)c1C(F)(F)F. The van der Waals surface area contributed by atoms with Gasteiger partial charge in [0.25, 0.3) is 0 Å². The molecule has 3 aliphatic rings. The molecule has 0 spiro atoms. The quantitative estimate of drug-likeness (QED) is 0.295. The van der Waals surface area contributed by atoms with E-state index < -0.39 is 28.9 Å². The number of likely N-dealkylation sites (N-methyl/N-ethyl adjacent to an activating group) is 1. The Morgan fingerprint density at radius 3 is 2.62 bits per heavy atom. The summed E-state index contributed by atoms with van der Waals surface area (Å²) in [7, 11) is 2.28. The number of ether oxygens (including phenoxy) is 1. The van der Waals surface area contributed by atoms with E-state index in [0.717, 1.165) is 38.4 Å². The van der Waals surface area contributed by atoms with Gasteiger partial charge >= 0.3 is 12.2 Å². The molecule has 3 atom stereocenters. The van der Waals surface area contributed by atoms with Crippen molar-refractivity contribution in [2.24, 2.45) is 5.92 Å². The number of fused-ring (bicyclic) bond motifs is 2. The zero-order valence-electron chi connectivity index (χ0n) is 25.6. The van der Waals surface area contributed by atoms with E-state index in [1.54, 1.807) is 11.9 Å². The standard InChI is InChI=1S/C29H33F4N9O.CH3F/c1-16-10-28(6-4-7-42(28)12-16)14-43-27-38-23-19(26(39-27)40(3)18-5-8-41(13-18)15-34)11-36-25(22(23)30)24-21(29(31,32)33)17(2)9-20(35)37-24;1-2/h9,11,16,18H,4-8,10,12-14H2,1-3H3,(H2,35,37);1H3. The zero-order valence-corrected chi connectivity index (χ0v) is 25.6. The number of halogens is 5. The minimum Gasteiger partial charge on any atom is -0.461 e. The number of nitrogens with zero attached hydrogens (tertiary/aromatic N) is 8. The van der Waals surface area contributed by atoms with Crippen molar-refractivity contribution in [3.05, 3.63) is 29.2 Å². The molecule has 0 amide bonds. The first-order valence-electron chi connectivity index (χ1n) is 14.7. The van der Waals surface area contributed by atoms with E-state index in [9.17, 15) is 22.8 Å². The first kappa shape index (κ1) is 32.3. The van der Waals surface area contributed by atoms with Crippen LogP contribution in [-0.4, -0.2) is 88.3 Å². The molecule has 3 saturated heterocycles. The molecule has 0 radical (unpaired) electrons. The predicted octanol–water partition coefficient (Wildman–Crippen LogP) is 4.97. The van der Waals surface area contributed by atoms with Gasteiger partial charge in [0.05, 0.1) is 29.7 Å². The number of nitriles is 1. The van der Waals surface area contributed by atoms with Crippen LogP contribution in [0.4, 0.5) is 33.6 Å². The highest BCUT2D eigenvalue weighted by molar-refractivity contribution is 5.92. The number of rotatable bonds is 6. The molecule has 0 saturated carbocycles. The van der Waals surface area contributed by atoms with E-state index in [0.29, 0.717) is 45.0 Å². The molecule has 0 aliphatic carbocycles. The van der Waals surface area contributed by atoms with E-state index in [1.165, 1.54) is 13.1 Å². The zero-order chi connectivity index (χ0) is 32.7. The largest absolute Gasteiger partial charge is 0.461 e. The maximum Gasteiger partial charge on any atom is 0.418 e. The van der Waals surface area contributed by atoms with Crippen molar-refractivity contribution in [2.45, 2.75) is 57.3 Å². The number of aromatic nitrogens is 4. The highest BCUT2D eigenvalue weighted by Gasteiger charge is 2.48. The normalized spacial score (nSPS) is 23.1. The summed E-state index contributed by atoms with van der Waals surface area (Å²) in [5.41, 5.74) is 2.76. The Morgan fingerprint density at radius 2 is 1.93 bits per heavy atom. The fourth-order valence-electron chi connectivity index (χ4n) is 7.09. The van der Waals surface area contributed by atoms with E-state index in [2.05, 4.69) is 38.0 Å². The number of hydrogen-bond donors (Lipinski definition) is 1. The van der Waals surface area contributed by atoms with Crippen molar-refractivity contribution >= 4 is 22.5 Å². The van der Waals surface area contributed by atoms with Gasteiger partial charge in [-0.1, -0.05) is 6.92 Å². The van der Waals surface area contributed by atoms with Gasteiger partial charge in [-0.05, 0) is 56.7 Å². The lowest BCUT2D eigenvalue weighted by molar-refractivity contribution is -0.137. The summed E-state index contributed by atoms with van der Waals surface area (Å²) in [5.74, 6) is -0.446. The molecule has 45 heavy (non-hydrogen) atoms. The van der Waals surface area contributed by atoms with Gasteiger partial charge in [0.1, 0.15) is 35.1 Å². The van der Waals surface area contributed by atoms with E-state index in [4.69, 9.17) is 10.5 Å². The van der Waals surface area contributed by atoms with Crippen LogP contribution in [0.5, 0.6) is 6.01 Å². The summed E-state index contributed by atoms with van der Waals surface area (Å²) in [4.78, 5) is 22.9. The molecule has 3 unspecified atom stereocenters. The maximum atomic E-state index is 16.4. The lowest BCUT2D eigenvalue weighted by Crippen LogP contribution is -2.43. The van der Waals surface area contributed by atoms with Crippen LogP contribution in [-0.2, 0) is 6.18 Å². The predicted molar refractivity (Wildman–Crippen MR) is 159 cm³/mol. The molecule has 2 N–H and O–H groups in total. The first-order valence-corrected chi connectivity index (χ1v) is 14.7. The Kier molecular flexibility index (Phi) is 8.90. The van der Waals surface area contributed by atoms with E-state index in [-0.39, 0.29) is 39.9 Å². The van der Waals surface area contributed by atoms with Gasteiger partial charge in [0.15, 0.2) is 12.0 Å². The van der Waals surface area contributed by atoms with Crippen LogP contribution in [0.1, 0.15) is 43.7 Å². The number of aryl methyl sites for hydroxylation is 1. The fraction of sp³-hybridized carbons (Fsp3) is 0.567. The van der Waals surface area contributed by atoms with Crippen molar-refractivity contribution in [1.29, 1.82) is 5.26 Å². The van der Waals surface area contributed by atoms with Crippen LogP contribution in [0.2, 0.25) is 0 Å². The molecule has 10 nitrogen and oxygen atoms in total. The van der Waals surface area contributed by atoms with E-state index in [1.807, 2.05) is 4.90 Å². The van der Waals surface area contributed by atoms with Gasteiger partial charge in [-0.2, -0.15) is 28.4 Å². The van der Waals surface area contributed by atoms with Crippen molar-refractivity contribution in [1.82, 2.24) is 29.7 Å². The molecule has 0 bridgehead atoms. The minimum absolute atomic E-state index is 0.0749. The third kappa shape index (κ3) is 5.99. The Balaban J connectivity index is 0.00000196. The van der Waals surface area contributed by atoms with Gasteiger partial charge in [-0.3, -0.25) is 14.3 Å². The minimum atomic E-state index is -4.82. The second-order valence-corrected chi connectivity index (χ2v) is 12.1. The van der Waals surface area contributed by atoms with Gasteiger partial charge in [-0.15, -0.1) is 0 Å². The molecule has 3 aliphatic heterocycles. The molecule has 0 aromatic carbocycles. The fourth-order valence-corrected chi connectivity index (χ4v) is 7.09. The van der Waals surface area contributed by atoms with E-state index >= 15 is 4.39 Å². The lowest BCUT2D eigenvalue weighted by atomic mass is 9.92. The summed E-state index contributed by atoms with van der Waals surface area (Å²) in [5, 5.41) is 9.57. The first-order chi connectivity index (χ1) is 21.4. The van der Waals surface area contributed by atoms with Crippen molar-refractivity contribution < 1.29 is 26.7 Å². The Hall–Kier alpha value is -4.06. The lowest BCUT2D eigenvalue weighted by Gasteiger charge is -2.31. The third-order valence-corrected chi connectivity index (χ3v) is 9.05. The Morgan fingerprint density at radius 1 is 1.18 bits per heavy atom. The number of alkyl halides is 4. The monoisotopic (exact) mass is 633 g/mol. The number of anilines is 2. The Bertz CT molecular complexity index is 1610. The van der Waals surface area contributed by atoms with Gasteiger partial charge in [0.2, 0.25) is 0 Å².